The summed E-state index contributed by atoms with van der Waals surface area (Å²) in [6, 6.07) is 8.16. The van der Waals surface area contributed by atoms with E-state index in [9.17, 15) is 4.79 Å². The van der Waals surface area contributed by atoms with E-state index < -0.39 is 12.0 Å². The number of carbonyl (C=O) groups is 1. The van der Waals surface area contributed by atoms with Crippen molar-refractivity contribution in [3.05, 3.63) is 35.9 Å². The van der Waals surface area contributed by atoms with E-state index in [1.165, 1.54) is 7.11 Å². The maximum atomic E-state index is 11.4. The van der Waals surface area contributed by atoms with Crippen molar-refractivity contribution >= 4 is 11.9 Å². The van der Waals surface area contributed by atoms with Crippen molar-refractivity contribution in [2.75, 3.05) is 7.11 Å². The molecule has 5 nitrogen and oxygen atoms in total. The van der Waals surface area contributed by atoms with Crippen LogP contribution in [0.5, 0.6) is 0 Å². The lowest BCUT2D eigenvalue weighted by Crippen LogP contribution is -2.26. The molecule has 0 saturated carbocycles. The number of benzene rings is 1. The number of carbonyl (C=O) groups excluding carboxylic acids is 1. The number of hydrogen-bond donors (Lipinski definition) is 2. The second-order valence-corrected chi connectivity index (χ2v) is 2.89. The van der Waals surface area contributed by atoms with Gasteiger partial charge in [-0.3, -0.25) is 0 Å². The summed E-state index contributed by atoms with van der Waals surface area (Å²) in [5, 5.41) is 0. The minimum Gasteiger partial charge on any atom is -0.467 e. The third-order valence-electron chi connectivity index (χ3n) is 1.82. The van der Waals surface area contributed by atoms with E-state index in [0.29, 0.717) is 5.56 Å². The summed E-state index contributed by atoms with van der Waals surface area (Å²) in [4.78, 5) is 15.2. The van der Waals surface area contributed by atoms with Crippen LogP contribution in [0.1, 0.15) is 11.6 Å². The van der Waals surface area contributed by atoms with E-state index in [4.69, 9.17) is 11.5 Å². The molecule has 1 unspecified atom stereocenters. The third kappa shape index (κ3) is 2.98. The Labute approximate surface area is 87.7 Å². The SMILES string of the molecule is COC(=O)C(N=C(N)N)c1ccccc1. The van der Waals surface area contributed by atoms with Crippen LogP contribution in [0.25, 0.3) is 0 Å². The van der Waals surface area contributed by atoms with Gasteiger partial charge in [-0.05, 0) is 5.56 Å². The highest BCUT2D eigenvalue weighted by Crippen LogP contribution is 2.17. The zero-order chi connectivity index (χ0) is 11.3. The lowest BCUT2D eigenvalue weighted by Gasteiger charge is -2.10. The molecule has 1 aromatic carbocycles. The molecule has 0 aromatic heterocycles. The van der Waals surface area contributed by atoms with Crippen LogP contribution in [0.3, 0.4) is 0 Å². The van der Waals surface area contributed by atoms with Gasteiger partial charge in [-0.2, -0.15) is 0 Å². The van der Waals surface area contributed by atoms with E-state index in [1.54, 1.807) is 24.3 Å². The Morgan fingerprint density at radius 3 is 2.40 bits per heavy atom. The second kappa shape index (κ2) is 4.99. The van der Waals surface area contributed by atoms with Crippen LogP contribution >= 0.6 is 0 Å². The maximum Gasteiger partial charge on any atom is 0.335 e. The van der Waals surface area contributed by atoms with Crippen molar-refractivity contribution in [1.29, 1.82) is 0 Å². The molecule has 15 heavy (non-hydrogen) atoms. The van der Waals surface area contributed by atoms with Crippen molar-refractivity contribution in [2.45, 2.75) is 6.04 Å². The highest BCUT2D eigenvalue weighted by Gasteiger charge is 2.20. The molecule has 0 heterocycles. The smallest absolute Gasteiger partial charge is 0.335 e. The topological polar surface area (TPSA) is 90.7 Å². The molecule has 4 N–H and O–H groups in total. The van der Waals surface area contributed by atoms with Gasteiger partial charge in [0.2, 0.25) is 0 Å². The summed E-state index contributed by atoms with van der Waals surface area (Å²) < 4.78 is 4.61. The lowest BCUT2D eigenvalue weighted by molar-refractivity contribution is -0.142. The van der Waals surface area contributed by atoms with Crippen molar-refractivity contribution in [2.24, 2.45) is 16.5 Å². The largest absolute Gasteiger partial charge is 0.467 e. The monoisotopic (exact) mass is 207 g/mol. The molecule has 0 radical (unpaired) electrons. The van der Waals surface area contributed by atoms with Gasteiger partial charge in [0.05, 0.1) is 7.11 Å². The average molecular weight is 207 g/mol. The van der Waals surface area contributed by atoms with Gasteiger partial charge in [0.25, 0.3) is 0 Å². The minimum atomic E-state index is -0.791. The Morgan fingerprint density at radius 1 is 1.33 bits per heavy atom. The van der Waals surface area contributed by atoms with Crippen LogP contribution in [0.15, 0.2) is 35.3 Å². The average Bonchev–Trinajstić information content (AvgIpc) is 2.26. The zero-order valence-electron chi connectivity index (χ0n) is 8.38. The predicted molar refractivity (Wildman–Crippen MR) is 57.0 cm³/mol. The molecule has 1 atom stereocenters. The van der Waals surface area contributed by atoms with E-state index in [-0.39, 0.29) is 5.96 Å². The molecule has 0 aliphatic rings. The van der Waals surface area contributed by atoms with E-state index >= 15 is 0 Å². The Morgan fingerprint density at radius 2 is 1.93 bits per heavy atom. The summed E-state index contributed by atoms with van der Waals surface area (Å²) in [6.45, 7) is 0. The number of nitrogens with two attached hydrogens (primary N) is 2. The van der Waals surface area contributed by atoms with Crippen LogP contribution in [-0.2, 0) is 9.53 Å². The molecule has 80 valence electrons. The zero-order valence-corrected chi connectivity index (χ0v) is 8.38. The summed E-state index contributed by atoms with van der Waals surface area (Å²) in [5.74, 6) is -0.635. The lowest BCUT2D eigenvalue weighted by atomic mass is 10.1. The fourth-order valence-electron chi connectivity index (χ4n) is 1.16. The highest BCUT2D eigenvalue weighted by molar-refractivity contribution is 5.83. The van der Waals surface area contributed by atoms with E-state index in [0.717, 1.165) is 0 Å². The maximum absolute atomic E-state index is 11.4. The summed E-state index contributed by atoms with van der Waals surface area (Å²) in [5.41, 5.74) is 11.2. The first-order valence-electron chi connectivity index (χ1n) is 4.36. The Bertz CT molecular complexity index is 358. The number of aliphatic imine (C=N–C) groups is 1. The number of guanidine groups is 1. The van der Waals surface area contributed by atoms with Crippen molar-refractivity contribution < 1.29 is 9.53 Å². The van der Waals surface area contributed by atoms with Gasteiger partial charge in [0, 0.05) is 0 Å². The molecule has 5 heteroatoms. The first-order valence-corrected chi connectivity index (χ1v) is 4.36. The fraction of sp³-hybridized carbons (Fsp3) is 0.200. The third-order valence-corrected chi connectivity index (χ3v) is 1.82. The molecule has 0 saturated heterocycles. The van der Waals surface area contributed by atoms with Crippen molar-refractivity contribution in [1.82, 2.24) is 0 Å². The first-order chi connectivity index (χ1) is 7.15. The summed E-state index contributed by atoms with van der Waals surface area (Å²) in [6.07, 6.45) is 0. The fourth-order valence-corrected chi connectivity index (χ4v) is 1.16. The second-order valence-electron chi connectivity index (χ2n) is 2.89. The van der Waals surface area contributed by atoms with Gasteiger partial charge in [-0.25, -0.2) is 9.79 Å². The van der Waals surface area contributed by atoms with Crippen LogP contribution < -0.4 is 11.5 Å². The standard InChI is InChI=1S/C10H13N3O2/c1-15-9(14)8(13-10(11)12)7-5-3-2-4-6-7/h2-6,8H,1H3,(H4,11,12,13). The van der Waals surface area contributed by atoms with Gasteiger partial charge in [-0.15, -0.1) is 0 Å². The molecule has 0 aliphatic heterocycles. The molecule has 0 spiro atoms. The summed E-state index contributed by atoms with van der Waals surface area (Å²) >= 11 is 0. The number of rotatable bonds is 3. The van der Waals surface area contributed by atoms with Crippen LogP contribution in [0.2, 0.25) is 0 Å². The highest BCUT2D eigenvalue weighted by atomic mass is 16.5. The Hall–Kier alpha value is -2.04. The number of ether oxygens (including phenoxy) is 1. The molecule has 0 aliphatic carbocycles. The number of esters is 1. The van der Waals surface area contributed by atoms with Crippen molar-refractivity contribution in [3.8, 4) is 0 Å². The van der Waals surface area contributed by atoms with Gasteiger partial charge >= 0.3 is 5.97 Å². The molecule has 0 bridgehead atoms. The minimum absolute atomic E-state index is 0.144. The number of nitrogens with zero attached hydrogens (tertiary/aromatic N) is 1. The quantitative estimate of drug-likeness (QED) is 0.420. The molecule has 1 aromatic rings. The Balaban J connectivity index is 3.02. The van der Waals surface area contributed by atoms with Gasteiger partial charge in [-0.1, -0.05) is 30.3 Å². The van der Waals surface area contributed by atoms with Gasteiger partial charge < -0.3 is 16.2 Å². The number of methoxy groups -OCH3 is 1. The molecular weight excluding hydrogens is 194 g/mol. The number of hydrogen-bond acceptors (Lipinski definition) is 3. The first kappa shape index (κ1) is 11.0. The van der Waals surface area contributed by atoms with Crippen molar-refractivity contribution in [3.63, 3.8) is 0 Å². The normalized spacial score (nSPS) is 11.5. The molecular formula is C10H13N3O2. The predicted octanol–water partition coefficient (Wildman–Crippen LogP) is 0.174. The van der Waals surface area contributed by atoms with Crippen LogP contribution in [0, 0.1) is 0 Å². The van der Waals surface area contributed by atoms with E-state index in [2.05, 4.69) is 9.73 Å². The van der Waals surface area contributed by atoms with Crippen LogP contribution in [-0.4, -0.2) is 19.0 Å². The van der Waals surface area contributed by atoms with Gasteiger partial charge in [0.15, 0.2) is 12.0 Å². The molecule has 0 amide bonds. The van der Waals surface area contributed by atoms with Crippen LogP contribution in [0.4, 0.5) is 0 Å². The Kier molecular flexibility index (Phi) is 3.68. The van der Waals surface area contributed by atoms with E-state index in [1.807, 2.05) is 6.07 Å². The molecule has 1 rings (SSSR count). The summed E-state index contributed by atoms with van der Waals surface area (Å²) in [7, 11) is 1.29. The van der Waals surface area contributed by atoms with Gasteiger partial charge in [0.1, 0.15) is 0 Å². The molecule has 0 fully saturated rings.